The molecule has 1 fully saturated rings. The Morgan fingerprint density at radius 2 is 2.24 bits per heavy atom. The highest BCUT2D eigenvalue weighted by molar-refractivity contribution is 4.81. The second kappa shape index (κ2) is 5.67. The first-order valence-corrected chi connectivity index (χ1v) is 6.74. The maximum absolute atomic E-state index is 6.09. The monoisotopic (exact) mass is 236 g/mol. The molecule has 3 nitrogen and oxygen atoms in total. The Morgan fingerprint density at radius 1 is 1.41 bits per heavy atom. The number of imidazole rings is 1. The van der Waals surface area contributed by atoms with E-state index >= 15 is 0 Å². The van der Waals surface area contributed by atoms with Crippen molar-refractivity contribution in [1.82, 2.24) is 9.55 Å². The van der Waals surface area contributed by atoms with Crippen molar-refractivity contribution in [2.75, 3.05) is 0 Å². The summed E-state index contributed by atoms with van der Waals surface area (Å²) in [6.45, 7) is 7.60. The van der Waals surface area contributed by atoms with Gasteiger partial charge in [-0.25, -0.2) is 4.98 Å². The van der Waals surface area contributed by atoms with Crippen LogP contribution in [0.4, 0.5) is 0 Å². The predicted octanol–water partition coefficient (Wildman–Crippen LogP) is 3.32. The molecule has 1 aliphatic rings. The van der Waals surface area contributed by atoms with Crippen LogP contribution >= 0.6 is 0 Å². The summed E-state index contributed by atoms with van der Waals surface area (Å²) in [6.07, 6.45) is 9.86. The largest absolute Gasteiger partial charge is 0.357 e. The summed E-state index contributed by atoms with van der Waals surface area (Å²) in [5.41, 5.74) is 0. The van der Waals surface area contributed by atoms with Gasteiger partial charge in [-0.2, -0.15) is 0 Å². The highest BCUT2D eigenvalue weighted by atomic mass is 16.5. The standard InChI is InChI=1S/C14H24N2O/c1-11(2)13-5-4-12(3)8-14(13)17-10-16-7-6-15-9-16/h6-7,9,11-14H,4-5,8,10H2,1-3H3. The van der Waals surface area contributed by atoms with Crippen LogP contribution in [0.2, 0.25) is 0 Å². The normalized spacial score (nSPS) is 29.8. The minimum atomic E-state index is 0.418. The molecule has 0 N–H and O–H groups in total. The molecule has 0 aromatic carbocycles. The highest BCUT2D eigenvalue weighted by Gasteiger charge is 2.31. The third-order valence-electron chi connectivity index (χ3n) is 3.96. The number of hydrogen-bond acceptors (Lipinski definition) is 2. The summed E-state index contributed by atoms with van der Waals surface area (Å²) in [7, 11) is 0. The predicted molar refractivity (Wildman–Crippen MR) is 68.4 cm³/mol. The van der Waals surface area contributed by atoms with Crippen LogP contribution in [0.25, 0.3) is 0 Å². The second-order valence-electron chi connectivity index (χ2n) is 5.74. The van der Waals surface area contributed by atoms with Gasteiger partial charge in [0, 0.05) is 12.4 Å². The number of rotatable bonds is 4. The Kier molecular flexibility index (Phi) is 4.21. The molecule has 96 valence electrons. The number of aromatic nitrogens is 2. The van der Waals surface area contributed by atoms with E-state index in [1.54, 1.807) is 6.20 Å². The van der Waals surface area contributed by atoms with Gasteiger partial charge >= 0.3 is 0 Å². The summed E-state index contributed by atoms with van der Waals surface area (Å²) < 4.78 is 8.09. The second-order valence-corrected chi connectivity index (χ2v) is 5.74. The Morgan fingerprint density at radius 3 is 2.88 bits per heavy atom. The van der Waals surface area contributed by atoms with Gasteiger partial charge in [-0.15, -0.1) is 0 Å². The van der Waals surface area contributed by atoms with Crippen LogP contribution in [-0.4, -0.2) is 15.7 Å². The van der Waals surface area contributed by atoms with Crippen molar-refractivity contribution < 1.29 is 4.74 Å². The zero-order valence-corrected chi connectivity index (χ0v) is 11.2. The highest BCUT2D eigenvalue weighted by Crippen LogP contribution is 2.35. The van der Waals surface area contributed by atoms with E-state index in [-0.39, 0.29) is 0 Å². The van der Waals surface area contributed by atoms with E-state index in [1.165, 1.54) is 19.3 Å². The van der Waals surface area contributed by atoms with Crippen LogP contribution < -0.4 is 0 Å². The van der Waals surface area contributed by atoms with Crippen molar-refractivity contribution in [1.29, 1.82) is 0 Å². The molecule has 3 unspecified atom stereocenters. The SMILES string of the molecule is CC1CCC(C(C)C)C(OCn2ccnc2)C1. The van der Waals surface area contributed by atoms with Crippen LogP contribution in [0.5, 0.6) is 0 Å². The van der Waals surface area contributed by atoms with Crippen molar-refractivity contribution in [3.63, 3.8) is 0 Å². The number of ether oxygens (including phenoxy) is 1. The molecule has 1 heterocycles. The van der Waals surface area contributed by atoms with Gasteiger partial charge in [-0.05, 0) is 30.6 Å². The molecule has 1 saturated carbocycles. The zero-order chi connectivity index (χ0) is 12.3. The molecule has 1 aromatic rings. The Labute approximate surface area is 104 Å². The minimum Gasteiger partial charge on any atom is -0.357 e. The lowest BCUT2D eigenvalue weighted by molar-refractivity contribution is -0.0678. The molecule has 1 aliphatic carbocycles. The van der Waals surface area contributed by atoms with Gasteiger partial charge in [0.05, 0.1) is 12.4 Å². The molecular formula is C14H24N2O. The van der Waals surface area contributed by atoms with Crippen LogP contribution in [0.3, 0.4) is 0 Å². The van der Waals surface area contributed by atoms with Crippen LogP contribution in [0, 0.1) is 17.8 Å². The number of nitrogens with zero attached hydrogens (tertiary/aromatic N) is 2. The lowest BCUT2D eigenvalue weighted by Crippen LogP contribution is -2.34. The van der Waals surface area contributed by atoms with E-state index in [2.05, 4.69) is 25.8 Å². The summed E-state index contributed by atoms with van der Waals surface area (Å²) in [6, 6.07) is 0. The molecule has 0 spiro atoms. The maximum Gasteiger partial charge on any atom is 0.124 e. The first-order chi connectivity index (χ1) is 8.16. The van der Waals surface area contributed by atoms with Crippen molar-refractivity contribution in [3.8, 4) is 0 Å². The molecule has 0 aliphatic heterocycles. The van der Waals surface area contributed by atoms with Crippen LogP contribution in [0.15, 0.2) is 18.7 Å². The fourth-order valence-electron chi connectivity index (χ4n) is 2.85. The first kappa shape index (κ1) is 12.6. The van der Waals surface area contributed by atoms with Gasteiger partial charge in [0.1, 0.15) is 6.73 Å². The maximum atomic E-state index is 6.09. The molecule has 0 amide bonds. The Balaban J connectivity index is 1.90. The molecular weight excluding hydrogens is 212 g/mol. The molecule has 1 aromatic heterocycles. The van der Waals surface area contributed by atoms with Gasteiger partial charge < -0.3 is 9.30 Å². The van der Waals surface area contributed by atoms with Crippen LogP contribution in [-0.2, 0) is 11.5 Å². The summed E-state index contributed by atoms with van der Waals surface area (Å²) >= 11 is 0. The van der Waals surface area contributed by atoms with E-state index in [1.807, 2.05) is 17.1 Å². The summed E-state index contributed by atoms with van der Waals surface area (Å²) in [4.78, 5) is 4.04. The third kappa shape index (κ3) is 3.32. The van der Waals surface area contributed by atoms with E-state index in [0.29, 0.717) is 12.8 Å². The summed E-state index contributed by atoms with van der Waals surface area (Å²) in [5, 5.41) is 0. The zero-order valence-electron chi connectivity index (χ0n) is 11.2. The van der Waals surface area contributed by atoms with Gasteiger partial charge in [0.15, 0.2) is 0 Å². The van der Waals surface area contributed by atoms with Gasteiger partial charge in [-0.1, -0.05) is 27.2 Å². The topological polar surface area (TPSA) is 27.1 Å². The van der Waals surface area contributed by atoms with Gasteiger partial charge in [0.2, 0.25) is 0 Å². The van der Waals surface area contributed by atoms with Crippen molar-refractivity contribution in [3.05, 3.63) is 18.7 Å². The average molecular weight is 236 g/mol. The smallest absolute Gasteiger partial charge is 0.124 e. The Hall–Kier alpha value is -0.830. The first-order valence-electron chi connectivity index (χ1n) is 6.74. The molecule has 3 atom stereocenters. The third-order valence-corrected chi connectivity index (χ3v) is 3.96. The lowest BCUT2D eigenvalue weighted by Gasteiger charge is -2.37. The minimum absolute atomic E-state index is 0.418. The van der Waals surface area contributed by atoms with E-state index in [0.717, 1.165) is 17.8 Å². The molecule has 0 bridgehead atoms. The number of hydrogen-bond donors (Lipinski definition) is 0. The molecule has 0 radical (unpaired) electrons. The van der Waals surface area contributed by atoms with E-state index in [4.69, 9.17) is 4.74 Å². The van der Waals surface area contributed by atoms with Crippen molar-refractivity contribution in [2.24, 2.45) is 17.8 Å². The lowest BCUT2D eigenvalue weighted by atomic mass is 9.75. The van der Waals surface area contributed by atoms with Gasteiger partial charge in [-0.3, -0.25) is 0 Å². The van der Waals surface area contributed by atoms with Crippen LogP contribution in [0.1, 0.15) is 40.0 Å². The van der Waals surface area contributed by atoms with Crippen molar-refractivity contribution in [2.45, 2.75) is 52.9 Å². The quantitative estimate of drug-likeness (QED) is 0.802. The summed E-state index contributed by atoms with van der Waals surface area (Å²) in [5.74, 6) is 2.24. The molecule has 0 saturated heterocycles. The molecule has 2 rings (SSSR count). The van der Waals surface area contributed by atoms with Crippen molar-refractivity contribution >= 4 is 0 Å². The molecule has 3 heteroatoms. The van der Waals surface area contributed by atoms with Gasteiger partial charge in [0.25, 0.3) is 0 Å². The fraction of sp³-hybridized carbons (Fsp3) is 0.786. The van der Waals surface area contributed by atoms with E-state index in [9.17, 15) is 0 Å². The fourth-order valence-corrected chi connectivity index (χ4v) is 2.85. The Bertz CT molecular complexity index is 321. The average Bonchev–Trinajstić information content (AvgIpc) is 2.78. The molecule has 17 heavy (non-hydrogen) atoms. The van der Waals surface area contributed by atoms with E-state index < -0.39 is 0 Å².